The van der Waals surface area contributed by atoms with E-state index in [1.54, 1.807) is 6.07 Å². The first-order chi connectivity index (χ1) is 10.0. The van der Waals surface area contributed by atoms with Crippen molar-refractivity contribution in [2.45, 2.75) is 57.3 Å². The molecular weight excluding hydrogens is 287 g/mol. The second-order valence-electron chi connectivity index (χ2n) is 6.04. The number of methoxy groups -OCH3 is 1. The highest BCUT2D eigenvalue weighted by atomic mass is 32.2. The lowest BCUT2D eigenvalue weighted by Crippen LogP contribution is -2.28. The van der Waals surface area contributed by atoms with Gasteiger partial charge < -0.3 is 9.29 Å². The van der Waals surface area contributed by atoms with E-state index in [2.05, 4.69) is 13.8 Å². The van der Waals surface area contributed by atoms with E-state index in [0.29, 0.717) is 5.75 Å². The fraction of sp³-hybridized carbons (Fsp3) is 0.647. The van der Waals surface area contributed by atoms with Crippen LogP contribution in [0.15, 0.2) is 17.0 Å². The van der Waals surface area contributed by atoms with Crippen LogP contribution in [0.5, 0.6) is 5.75 Å². The second kappa shape index (κ2) is 7.01. The molecule has 1 aromatic carbocycles. The Hall–Kier alpha value is -0.740. The molecule has 1 aromatic rings. The topological polar surface area (TPSA) is 32.3 Å². The van der Waals surface area contributed by atoms with E-state index >= 15 is 0 Å². The van der Waals surface area contributed by atoms with Crippen LogP contribution in [0.1, 0.15) is 51.5 Å². The largest absolute Gasteiger partial charge is 0.611 e. The van der Waals surface area contributed by atoms with Crippen molar-refractivity contribution in [1.29, 1.82) is 0 Å². The summed E-state index contributed by atoms with van der Waals surface area (Å²) in [6.45, 7) is 4.37. The number of halogens is 1. The maximum absolute atomic E-state index is 13.9. The quantitative estimate of drug-likeness (QED) is 0.751. The van der Waals surface area contributed by atoms with Crippen molar-refractivity contribution in [1.82, 2.24) is 0 Å². The standard InChI is InChI=1S/C17H25FO2S/c1-4-6-8-17(5-2)9-7-13-10-14(18)15(20-3)11-16(13)21(19)12-17/h10-11H,4-9,12H2,1-3H3. The highest BCUT2D eigenvalue weighted by molar-refractivity contribution is 7.91. The van der Waals surface area contributed by atoms with Gasteiger partial charge in [-0.15, -0.1) is 0 Å². The smallest absolute Gasteiger partial charge is 0.165 e. The number of ether oxygens (including phenoxy) is 1. The molecule has 21 heavy (non-hydrogen) atoms. The molecule has 0 radical (unpaired) electrons. The van der Waals surface area contributed by atoms with Crippen molar-refractivity contribution in [2.75, 3.05) is 12.9 Å². The predicted octanol–water partition coefficient (Wildman–Crippen LogP) is 4.47. The normalized spacial score (nSPS) is 25.3. The van der Waals surface area contributed by atoms with Crippen LogP contribution in [-0.2, 0) is 17.6 Å². The van der Waals surface area contributed by atoms with E-state index < -0.39 is 11.2 Å². The van der Waals surface area contributed by atoms with Crippen molar-refractivity contribution >= 4 is 11.2 Å². The molecule has 4 heteroatoms. The van der Waals surface area contributed by atoms with E-state index in [1.165, 1.54) is 19.6 Å². The molecule has 0 saturated heterocycles. The number of hydrogen-bond donors (Lipinski definition) is 0. The number of benzene rings is 1. The van der Waals surface area contributed by atoms with Gasteiger partial charge in [0.15, 0.2) is 16.5 Å². The molecule has 0 amide bonds. The first-order valence-electron chi connectivity index (χ1n) is 7.80. The Morgan fingerprint density at radius 2 is 2.14 bits per heavy atom. The SMILES string of the molecule is CCCCC1(CC)CCc2cc(F)c(OC)cc2[S+]([O-])C1. The monoisotopic (exact) mass is 312 g/mol. The zero-order chi connectivity index (χ0) is 15.5. The summed E-state index contributed by atoms with van der Waals surface area (Å²) in [4.78, 5) is 0.764. The third kappa shape index (κ3) is 3.54. The van der Waals surface area contributed by atoms with Gasteiger partial charge >= 0.3 is 0 Å². The maximum atomic E-state index is 13.9. The number of fused-ring (bicyclic) bond motifs is 1. The molecule has 1 heterocycles. The van der Waals surface area contributed by atoms with E-state index in [9.17, 15) is 8.94 Å². The van der Waals surface area contributed by atoms with Gasteiger partial charge in [0.25, 0.3) is 0 Å². The molecule has 1 aliphatic rings. The fourth-order valence-corrected chi connectivity index (χ4v) is 5.07. The molecule has 118 valence electrons. The van der Waals surface area contributed by atoms with Crippen LogP contribution in [0.3, 0.4) is 0 Å². The van der Waals surface area contributed by atoms with Gasteiger partial charge in [-0.1, -0.05) is 26.7 Å². The van der Waals surface area contributed by atoms with Crippen LogP contribution in [0, 0.1) is 11.2 Å². The number of unbranched alkanes of at least 4 members (excludes halogenated alkanes) is 1. The molecule has 0 bridgehead atoms. The number of rotatable bonds is 5. The van der Waals surface area contributed by atoms with E-state index in [-0.39, 0.29) is 17.0 Å². The van der Waals surface area contributed by atoms with Crippen LogP contribution >= 0.6 is 0 Å². The average Bonchev–Trinajstić information content (AvgIpc) is 2.62. The summed E-state index contributed by atoms with van der Waals surface area (Å²) in [5, 5.41) is 0. The van der Waals surface area contributed by atoms with Gasteiger partial charge in [0.1, 0.15) is 5.75 Å². The summed E-state index contributed by atoms with van der Waals surface area (Å²) in [5.41, 5.74) is 1.02. The van der Waals surface area contributed by atoms with Gasteiger partial charge in [-0.2, -0.15) is 0 Å². The molecule has 2 atom stereocenters. The van der Waals surface area contributed by atoms with Crippen molar-refractivity contribution in [2.24, 2.45) is 5.41 Å². The molecule has 0 N–H and O–H groups in total. The molecule has 2 unspecified atom stereocenters. The molecule has 2 rings (SSSR count). The summed E-state index contributed by atoms with van der Waals surface area (Å²) in [6.07, 6.45) is 6.27. The Morgan fingerprint density at radius 1 is 1.38 bits per heavy atom. The third-order valence-corrected chi connectivity index (χ3v) is 6.50. The lowest BCUT2D eigenvalue weighted by atomic mass is 9.77. The average molecular weight is 312 g/mol. The van der Waals surface area contributed by atoms with Crippen molar-refractivity contribution in [3.8, 4) is 5.75 Å². The fourth-order valence-electron chi connectivity index (χ4n) is 3.17. The van der Waals surface area contributed by atoms with Crippen LogP contribution in [-0.4, -0.2) is 17.4 Å². The molecule has 1 aliphatic heterocycles. The minimum atomic E-state index is -1.07. The number of aryl methyl sites for hydroxylation is 1. The van der Waals surface area contributed by atoms with E-state index in [1.807, 2.05) is 0 Å². The lowest BCUT2D eigenvalue weighted by molar-refractivity contribution is 0.258. The summed E-state index contributed by atoms with van der Waals surface area (Å²) in [6, 6.07) is 3.14. The molecule has 2 nitrogen and oxygen atoms in total. The van der Waals surface area contributed by atoms with Gasteiger partial charge in [0.2, 0.25) is 0 Å². The molecule has 0 spiro atoms. The Morgan fingerprint density at radius 3 is 2.76 bits per heavy atom. The van der Waals surface area contributed by atoms with Gasteiger partial charge in [-0.25, -0.2) is 4.39 Å². The Kier molecular flexibility index (Phi) is 5.55. The van der Waals surface area contributed by atoms with Crippen molar-refractivity contribution < 1.29 is 13.7 Å². The molecule has 0 aromatic heterocycles. The van der Waals surface area contributed by atoms with Crippen LogP contribution in [0.4, 0.5) is 4.39 Å². The Balaban J connectivity index is 2.31. The van der Waals surface area contributed by atoms with Gasteiger partial charge in [0, 0.05) is 17.0 Å². The summed E-state index contributed by atoms with van der Waals surface area (Å²) < 4.78 is 31.7. The third-order valence-electron chi connectivity index (χ3n) is 4.75. The van der Waals surface area contributed by atoms with Gasteiger partial charge in [-0.05, 0) is 42.9 Å². The molecule has 0 aliphatic carbocycles. The summed E-state index contributed by atoms with van der Waals surface area (Å²) >= 11 is -1.07. The van der Waals surface area contributed by atoms with E-state index in [0.717, 1.165) is 42.6 Å². The minimum Gasteiger partial charge on any atom is -0.611 e. The minimum absolute atomic E-state index is 0.129. The molecule has 0 saturated carbocycles. The van der Waals surface area contributed by atoms with Gasteiger partial charge in [-0.3, -0.25) is 0 Å². The first kappa shape index (κ1) is 16.6. The highest BCUT2D eigenvalue weighted by Crippen LogP contribution is 2.42. The predicted molar refractivity (Wildman–Crippen MR) is 84.8 cm³/mol. The molecule has 0 fully saturated rings. The highest BCUT2D eigenvalue weighted by Gasteiger charge is 2.38. The van der Waals surface area contributed by atoms with Crippen LogP contribution in [0.25, 0.3) is 0 Å². The lowest BCUT2D eigenvalue weighted by Gasteiger charge is -2.30. The molecular formula is C17H25FO2S. The number of hydrogen-bond acceptors (Lipinski definition) is 2. The first-order valence-corrected chi connectivity index (χ1v) is 9.12. The summed E-state index contributed by atoms with van der Waals surface area (Å²) in [7, 11) is 1.45. The van der Waals surface area contributed by atoms with Crippen LogP contribution in [0.2, 0.25) is 0 Å². The van der Waals surface area contributed by atoms with Gasteiger partial charge in [0.05, 0.1) is 7.11 Å². The maximum Gasteiger partial charge on any atom is 0.165 e. The second-order valence-corrected chi connectivity index (χ2v) is 7.46. The van der Waals surface area contributed by atoms with Crippen LogP contribution < -0.4 is 4.74 Å². The van der Waals surface area contributed by atoms with Crippen molar-refractivity contribution in [3.05, 3.63) is 23.5 Å². The van der Waals surface area contributed by atoms with Crippen molar-refractivity contribution in [3.63, 3.8) is 0 Å². The Labute approximate surface area is 130 Å². The van der Waals surface area contributed by atoms with E-state index in [4.69, 9.17) is 4.74 Å². The summed E-state index contributed by atoms with van der Waals surface area (Å²) in [5.74, 6) is 0.524. The zero-order valence-electron chi connectivity index (χ0n) is 13.2. The Bertz CT molecular complexity index is 492. The zero-order valence-corrected chi connectivity index (χ0v) is 14.0.